The topological polar surface area (TPSA) is 113 Å². The highest BCUT2D eigenvalue weighted by Gasteiger charge is 2.58. The molecule has 1 aliphatic heterocycles. The molecule has 4 atom stereocenters. The van der Waals surface area contributed by atoms with Crippen molar-refractivity contribution in [3.63, 3.8) is 0 Å². The zero-order valence-electron chi connectivity index (χ0n) is 19.1. The number of likely N-dealkylation sites (tertiary alicyclic amines) is 1. The molecule has 4 unspecified atom stereocenters. The number of rotatable bonds is 7. The first-order chi connectivity index (χ1) is 14.8. The van der Waals surface area contributed by atoms with Gasteiger partial charge in [-0.25, -0.2) is 4.99 Å². The summed E-state index contributed by atoms with van der Waals surface area (Å²) in [5.74, 6) is 2.05. The molecule has 32 heavy (non-hydrogen) atoms. The molecule has 0 radical (unpaired) electrons. The van der Waals surface area contributed by atoms with Crippen LogP contribution in [0.25, 0.3) is 0 Å². The van der Waals surface area contributed by atoms with Gasteiger partial charge in [-0.05, 0) is 31.6 Å². The van der Waals surface area contributed by atoms with E-state index in [1.165, 1.54) is 4.90 Å². The minimum absolute atomic E-state index is 0. The molecule has 2 heterocycles. The van der Waals surface area contributed by atoms with E-state index in [0.29, 0.717) is 50.3 Å². The highest BCUT2D eigenvalue weighted by Crippen LogP contribution is 2.52. The second-order valence-electron chi connectivity index (χ2n) is 9.57. The first-order valence-electron chi connectivity index (χ1n) is 11.2. The SMILES string of the molecule is CCNC(=NCc1noc(C(C)(C)C)n1)NCCCN1C(=O)C2C3C=CC(C3)C2C1=O.I. The number of nitrogens with one attached hydrogen (secondary N) is 2. The number of amides is 2. The normalized spacial score (nSPS) is 26.5. The molecule has 2 amide bonds. The van der Waals surface area contributed by atoms with Crippen LogP contribution in [0.2, 0.25) is 0 Å². The van der Waals surface area contributed by atoms with E-state index in [2.05, 4.69) is 37.9 Å². The highest BCUT2D eigenvalue weighted by atomic mass is 127. The molecule has 0 spiro atoms. The van der Waals surface area contributed by atoms with Gasteiger partial charge in [-0.3, -0.25) is 14.5 Å². The predicted octanol–water partition coefficient (Wildman–Crippen LogP) is 2.24. The third-order valence-corrected chi connectivity index (χ3v) is 6.25. The summed E-state index contributed by atoms with van der Waals surface area (Å²) in [5.41, 5.74) is -0.198. The Kier molecular flexibility index (Phi) is 7.61. The van der Waals surface area contributed by atoms with Crippen LogP contribution in [-0.2, 0) is 21.5 Å². The van der Waals surface area contributed by atoms with Crippen molar-refractivity contribution in [2.75, 3.05) is 19.6 Å². The van der Waals surface area contributed by atoms with Crippen molar-refractivity contribution in [2.24, 2.45) is 28.7 Å². The molecule has 10 heteroatoms. The molecule has 1 aromatic heterocycles. The van der Waals surface area contributed by atoms with Gasteiger partial charge in [0, 0.05) is 25.0 Å². The third-order valence-electron chi connectivity index (χ3n) is 6.25. The average Bonchev–Trinajstić information content (AvgIpc) is 3.48. The number of aromatic nitrogens is 2. The molecule has 176 valence electrons. The number of hydrogen-bond donors (Lipinski definition) is 2. The van der Waals surface area contributed by atoms with Crippen LogP contribution in [0.5, 0.6) is 0 Å². The number of fused-ring (bicyclic) bond motifs is 5. The number of hydrogen-bond acceptors (Lipinski definition) is 6. The predicted molar refractivity (Wildman–Crippen MR) is 130 cm³/mol. The standard InChI is InChI=1S/C22H32N6O3.HI/c1-5-23-21(25-12-15-26-20(31-27-15)22(2,3)4)24-9-6-10-28-18(29)16-13-7-8-14(11-13)17(16)19(28)30;/h7-8,13-14,16-17H,5-6,9-12H2,1-4H3,(H2,23,24,25);1H. The minimum Gasteiger partial charge on any atom is -0.357 e. The van der Waals surface area contributed by atoms with Gasteiger partial charge in [0.25, 0.3) is 0 Å². The molecular formula is C22H33IN6O3. The number of guanidine groups is 1. The highest BCUT2D eigenvalue weighted by molar-refractivity contribution is 14.0. The van der Waals surface area contributed by atoms with Gasteiger partial charge in [0.1, 0.15) is 6.54 Å². The summed E-state index contributed by atoms with van der Waals surface area (Å²) in [4.78, 5) is 35.9. The van der Waals surface area contributed by atoms with Gasteiger partial charge in [-0.15, -0.1) is 24.0 Å². The van der Waals surface area contributed by atoms with Crippen LogP contribution in [0.3, 0.4) is 0 Å². The summed E-state index contributed by atoms with van der Waals surface area (Å²) in [6, 6.07) is 0. The van der Waals surface area contributed by atoms with Crippen molar-refractivity contribution in [1.29, 1.82) is 0 Å². The maximum atomic E-state index is 12.7. The van der Waals surface area contributed by atoms with Crippen molar-refractivity contribution < 1.29 is 14.1 Å². The van der Waals surface area contributed by atoms with Gasteiger partial charge >= 0.3 is 0 Å². The van der Waals surface area contributed by atoms with Gasteiger partial charge < -0.3 is 15.2 Å². The van der Waals surface area contributed by atoms with Gasteiger partial charge in [0.15, 0.2) is 11.8 Å². The van der Waals surface area contributed by atoms with Gasteiger partial charge in [-0.1, -0.05) is 38.1 Å². The van der Waals surface area contributed by atoms with E-state index in [-0.39, 0.29) is 64.9 Å². The summed E-state index contributed by atoms with van der Waals surface area (Å²) in [6.07, 6.45) is 5.87. The fourth-order valence-corrected chi connectivity index (χ4v) is 4.74. The van der Waals surface area contributed by atoms with Crippen molar-refractivity contribution in [2.45, 2.75) is 52.5 Å². The van der Waals surface area contributed by atoms with Gasteiger partial charge in [0.05, 0.1) is 11.8 Å². The Morgan fingerprint density at radius 2 is 1.84 bits per heavy atom. The third kappa shape index (κ3) is 4.84. The van der Waals surface area contributed by atoms with Crippen molar-refractivity contribution in [3.05, 3.63) is 23.9 Å². The molecule has 2 bridgehead atoms. The van der Waals surface area contributed by atoms with E-state index >= 15 is 0 Å². The van der Waals surface area contributed by atoms with Crippen LogP contribution >= 0.6 is 24.0 Å². The van der Waals surface area contributed by atoms with Crippen molar-refractivity contribution in [3.8, 4) is 0 Å². The van der Waals surface area contributed by atoms with E-state index in [4.69, 9.17) is 4.52 Å². The maximum Gasteiger partial charge on any atom is 0.233 e. The summed E-state index contributed by atoms with van der Waals surface area (Å²) >= 11 is 0. The second-order valence-corrected chi connectivity index (χ2v) is 9.57. The zero-order valence-corrected chi connectivity index (χ0v) is 21.5. The molecule has 9 nitrogen and oxygen atoms in total. The van der Waals surface area contributed by atoms with Crippen LogP contribution in [0.1, 0.15) is 52.3 Å². The lowest BCUT2D eigenvalue weighted by atomic mass is 9.85. The smallest absolute Gasteiger partial charge is 0.233 e. The Labute approximate surface area is 205 Å². The van der Waals surface area contributed by atoms with Crippen LogP contribution in [0.4, 0.5) is 0 Å². The lowest BCUT2D eigenvalue weighted by Crippen LogP contribution is -2.40. The fraction of sp³-hybridized carbons (Fsp3) is 0.682. The molecule has 2 fully saturated rings. The fourth-order valence-electron chi connectivity index (χ4n) is 4.74. The summed E-state index contributed by atoms with van der Waals surface area (Å²) in [6.45, 7) is 10.1. The van der Waals surface area contributed by atoms with Crippen molar-refractivity contribution in [1.82, 2.24) is 25.7 Å². The lowest BCUT2D eigenvalue weighted by molar-refractivity contribution is -0.140. The first kappa shape index (κ1) is 24.7. The molecule has 2 N–H and O–H groups in total. The number of aliphatic imine (C=N–C) groups is 1. The summed E-state index contributed by atoms with van der Waals surface area (Å²) in [5, 5.41) is 10.4. The minimum atomic E-state index is -0.198. The molecule has 2 aliphatic carbocycles. The van der Waals surface area contributed by atoms with Crippen LogP contribution in [0, 0.1) is 23.7 Å². The maximum absolute atomic E-state index is 12.7. The molecule has 1 saturated carbocycles. The number of allylic oxidation sites excluding steroid dienone is 2. The van der Waals surface area contributed by atoms with Gasteiger partial charge in [-0.2, -0.15) is 4.98 Å². The molecule has 0 aromatic carbocycles. The Balaban J connectivity index is 0.00000289. The van der Waals surface area contributed by atoms with Crippen molar-refractivity contribution >= 4 is 41.8 Å². The quantitative estimate of drug-likeness (QED) is 0.132. The molecule has 1 aromatic rings. The lowest BCUT2D eigenvalue weighted by Gasteiger charge is -2.17. The molecular weight excluding hydrogens is 523 g/mol. The van der Waals surface area contributed by atoms with Gasteiger partial charge in [0.2, 0.25) is 17.7 Å². The molecule has 3 aliphatic rings. The Bertz CT molecular complexity index is 876. The zero-order chi connectivity index (χ0) is 22.2. The number of carbonyl (C=O) groups is 2. The molecule has 4 rings (SSSR count). The Hall–Kier alpha value is -1.98. The second kappa shape index (κ2) is 9.88. The van der Waals surface area contributed by atoms with E-state index < -0.39 is 0 Å². The summed E-state index contributed by atoms with van der Waals surface area (Å²) in [7, 11) is 0. The first-order valence-corrected chi connectivity index (χ1v) is 11.2. The van der Waals surface area contributed by atoms with Crippen LogP contribution in [0.15, 0.2) is 21.7 Å². The summed E-state index contributed by atoms with van der Waals surface area (Å²) < 4.78 is 5.30. The Morgan fingerprint density at radius 3 is 2.41 bits per heavy atom. The monoisotopic (exact) mass is 556 g/mol. The number of halogens is 1. The van der Waals surface area contributed by atoms with E-state index in [9.17, 15) is 9.59 Å². The number of carbonyl (C=O) groups excluding carboxylic acids is 2. The van der Waals surface area contributed by atoms with E-state index in [1.807, 2.05) is 27.7 Å². The average molecular weight is 556 g/mol. The van der Waals surface area contributed by atoms with E-state index in [0.717, 1.165) is 6.42 Å². The molecule has 1 saturated heterocycles. The van der Waals surface area contributed by atoms with Crippen LogP contribution < -0.4 is 10.6 Å². The number of imide groups is 1. The largest absolute Gasteiger partial charge is 0.357 e. The van der Waals surface area contributed by atoms with Crippen LogP contribution in [-0.4, -0.2) is 52.4 Å². The van der Waals surface area contributed by atoms with E-state index in [1.54, 1.807) is 0 Å². The number of nitrogens with zero attached hydrogens (tertiary/aromatic N) is 4. The Morgan fingerprint density at radius 1 is 1.19 bits per heavy atom.